The Morgan fingerprint density at radius 1 is 0.938 bits per heavy atom. The van der Waals surface area contributed by atoms with Crippen molar-refractivity contribution in [1.29, 1.82) is 0 Å². The molecule has 7 N–H and O–H groups in total. The van der Waals surface area contributed by atoms with Crippen molar-refractivity contribution in [3.63, 3.8) is 0 Å². The Kier molecular flexibility index (Phi) is 15.8. The van der Waals surface area contributed by atoms with Gasteiger partial charge in [-0.2, -0.15) is 8.42 Å². The molecule has 348 valence electrons. The Hall–Kier alpha value is -3.80. The summed E-state index contributed by atoms with van der Waals surface area (Å²) in [6.07, 6.45) is -11.5. The van der Waals surface area contributed by atoms with Gasteiger partial charge in [-0.05, 0) is 63.5 Å². The van der Waals surface area contributed by atoms with Gasteiger partial charge in [-0.1, -0.05) is 62.4 Å². The van der Waals surface area contributed by atoms with Crippen LogP contribution < -0.4 is 5.32 Å². The number of rotatable bonds is 8. The van der Waals surface area contributed by atoms with Gasteiger partial charge in [-0.15, -0.1) is 0 Å². The molecule has 1 saturated heterocycles. The molecule has 2 aromatic rings. The van der Waals surface area contributed by atoms with Crippen LogP contribution in [-0.2, 0) is 48.5 Å². The number of hydrogen-bond donors (Lipinski definition) is 7. The van der Waals surface area contributed by atoms with E-state index in [4.69, 9.17) is 41.2 Å². The minimum atomic E-state index is -4.67. The molecule has 0 aromatic heterocycles. The molecule has 3 aliphatic carbocycles. The van der Waals surface area contributed by atoms with Crippen LogP contribution in [0.3, 0.4) is 0 Å². The number of ether oxygens (including phenoxy) is 5. The normalized spacial score (nSPS) is 31.4. The molecule has 6 rings (SSSR count). The molecule has 0 unspecified atom stereocenters. The van der Waals surface area contributed by atoms with E-state index in [1.807, 2.05) is 0 Å². The molecular weight excluding hydrogens is 874 g/mol. The van der Waals surface area contributed by atoms with Crippen LogP contribution in [0.4, 0.5) is 4.79 Å². The molecular formula is C43H56NNaO18S. The van der Waals surface area contributed by atoms with E-state index < -0.39 is 123 Å². The zero-order valence-corrected chi connectivity index (χ0v) is 36.8. The molecule has 0 spiro atoms. The van der Waals surface area contributed by atoms with Gasteiger partial charge in [0.2, 0.25) is 0 Å². The first kappa shape index (κ1) is 52.8. The topological polar surface area (TPSA) is 299 Å². The van der Waals surface area contributed by atoms with E-state index in [2.05, 4.69) is 5.32 Å². The second kappa shape index (κ2) is 19.2. The number of fused-ring (bicyclic) bond motifs is 5. The molecule has 0 radical (unpaired) electrons. The third-order valence-electron chi connectivity index (χ3n) is 12.6. The predicted octanol–water partition coefficient (Wildman–Crippen LogP) is 1.96. The van der Waals surface area contributed by atoms with E-state index in [1.54, 1.807) is 83.1 Å². The van der Waals surface area contributed by atoms with Gasteiger partial charge in [0.05, 0.1) is 35.6 Å². The van der Waals surface area contributed by atoms with E-state index in [0.29, 0.717) is 5.56 Å². The van der Waals surface area contributed by atoms with E-state index in [0.717, 1.165) is 6.92 Å². The first-order chi connectivity index (χ1) is 29.0. The van der Waals surface area contributed by atoms with Crippen molar-refractivity contribution in [3.8, 4) is 0 Å². The van der Waals surface area contributed by atoms with Gasteiger partial charge < -0.3 is 49.4 Å². The summed E-state index contributed by atoms with van der Waals surface area (Å²) >= 11 is 0. The fraction of sp³-hybridized carbons (Fsp3) is 0.558. The minimum absolute atomic E-state index is 0. The quantitative estimate of drug-likeness (QED) is 0.0654. The number of esters is 3. The first-order valence-electron chi connectivity index (χ1n) is 20.0. The number of carbonyl (C=O) groups excluding carboxylic acids is 5. The van der Waals surface area contributed by atoms with Crippen LogP contribution in [0.25, 0.3) is 0 Å². The number of alkyl carbamates (subject to hydrolysis) is 1. The zero-order valence-electron chi connectivity index (χ0n) is 36.0. The average molecular weight is 930 g/mol. The van der Waals surface area contributed by atoms with E-state index in [-0.39, 0.29) is 59.3 Å². The molecule has 1 aliphatic heterocycles. The summed E-state index contributed by atoms with van der Waals surface area (Å²) in [5.41, 5.74) is -8.14. The summed E-state index contributed by atoms with van der Waals surface area (Å²) < 4.78 is 61.1. The summed E-state index contributed by atoms with van der Waals surface area (Å²) in [6, 6.07) is 14.6. The molecule has 1 heterocycles. The van der Waals surface area contributed by atoms with Crippen molar-refractivity contribution in [2.45, 2.75) is 128 Å². The van der Waals surface area contributed by atoms with Gasteiger partial charge in [0.15, 0.2) is 17.5 Å². The monoisotopic (exact) mass is 929 g/mol. The van der Waals surface area contributed by atoms with Crippen LogP contribution in [0.1, 0.15) is 90.2 Å². The molecule has 4 aliphatic rings. The zero-order chi connectivity index (χ0) is 47.2. The maximum atomic E-state index is 14.9. The van der Waals surface area contributed by atoms with Gasteiger partial charge in [-0.3, -0.25) is 18.7 Å². The fourth-order valence-electron chi connectivity index (χ4n) is 9.56. The molecule has 3 fully saturated rings. The molecule has 21 heteroatoms. The maximum absolute atomic E-state index is 14.9. The van der Waals surface area contributed by atoms with Crippen molar-refractivity contribution in [1.82, 2.24) is 5.32 Å². The number of benzene rings is 2. The summed E-state index contributed by atoms with van der Waals surface area (Å²) in [5.74, 6) is -5.36. The molecule has 19 nitrogen and oxygen atoms in total. The summed E-state index contributed by atoms with van der Waals surface area (Å²) in [4.78, 5) is 68.9. The molecule has 2 saturated carbocycles. The fourth-order valence-corrected chi connectivity index (χ4v) is 9.56. The standard InChI is InChI=1S/C43H53NO14.Na.H2O4S.H/c1-22-26(55-37(51)32(48)30(24-15-11-9-12-16-24)44-38(52)58-39(3,4)5)20-43(53)35(56-36(50)25-17-13-10-14-18-25)33-41(8,34(49)31(47)29(22)40(43,6)7)27(46)19-28-42(33,21-54-28)57-23(2)45;;1-5(2,3)4;/h9-18,26-28,30-33,35,46-48,53H,19-21H2,1-8H3,(H,44,52);;(H2,1,2,3,4);/t26-,27-,28+,30-,31+,32+,33-,35-,41+,42-,43+;;;/m0.../s1. The molecule has 64 heavy (non-hydrogen) atoms. The Labute approximate surface area is 392 Å². The van der Waals surface area contributed by atoms with Crippen molar-refractivity contribution in [2.75, 3.05) is 6.61 Å². The second-order valence-electron chi connectivity index (χ2n) is 18.0. The number of ketones is 1. The second-order valence-corrected chi connectivity index (χ2v) is 18.9. The predicted molar refractivity (Wildman–Crippen MR) is 225 cm³/mol. The van der Waals surface area contributed by atoms with E-state index >= 15 is 0 Å². The number of hydrogen-bond acceptors (Lipinski definition) is 16. The van der Waals surface area contributed by atoms with Gasteiger partial charge in [0.25, 0.3) is 0 Å². The van der Waals surface area contributed by atoms with Crippen LogP contribution in [0.15, 0.2) is 71.8 Å². The summed E-state index contributed by atoms with van der Waals surface area (Å²) in [6.45, 7) is 11.8. The van der Waals surface area contributed by atoms with E-state index in [1.165, 1.54) is 26.0 Å². The number of amides is 1. The Morgan fingerprint density at radius 3 is 1.98 bits per heavy atom. The van der Waals surface area contributed by atoms with Crippen molar-refractivity contribution < 1.29 is 85.6 Å². The van der Waals surface area contributed by atoms with Crippen LogP contribution in [0.5, 0.6) is 0 Å². The van der Waals surface area contributed by atoms with Crippen molar-refractivity contribution in [3.05, 3.63) is 82.9 Å². The van der Waals surface area contributed by atoms with Gasteiger partial charge in [0, 0.05) is 25.2 Å². The number of aliphatic hydroxyl groups excluding tert-OH is 3. The van der Waals surface area contributed by atoms with E-state index in [9.17, 15) is 44.4 Å². The molecule has 2 bridgehead atoms. The SMILES string of the molecule is CC(=O)O[C@@]12CO[C@@H]1C[C@H](O)[C@@]1(C)C(=O)[C@H](O)C3=C(C)[C@@H](OC(=O)[C@H](O)[C@@H](NC(=O)OC(C)(C)C)c4ccccc4)C[C@@](O)([C@@H](OC(=O)c4ccccc4)[C@H]21)C3(C)C.O=S(=O)(O)O.[NaH]. The van der Waals surface area contributed by atoms with Gasteiger partial charge in [-0.25, -0.2) is 14.4 Å². The Morgan fingerprint density at radius 2 is 1.48 bits per heavy atom. The van der Waals surface area contributed by atoms with Crippen LogP contribution in [0, 0.1) is 16.7 Å². The summed E-state index contributed by atoms with van der Waals surface area (Å²) in [5, 5.41) is 51.6. The molecule has 2 aromatic carbocycles. The number of Topliss-reactive ketones (excluding diaryl/α,β-unsaturated/α-hetero) is 1. The average Bonchev–Trinajstić information content (AvgIpc) is 3.17. The number of nitrogens with one attached hydrogen (secondary N) is 1. The Balaban J connectivity index is 0.00000142. The third-order valence-corrected chi connectivity index (χ3v) is 12.6. The third kappa shape index (κ3) is 10.3. The molecule has 1 amide bonds. The van der Waals surface area contributed by atoms with Crippen LogP contribution in [0.2, 0.25) is 0 Å². The summed E-state index contributed by atoms with van der Waals surface area (Å²) in [7, 11) is -4.67. The number of aliphatic hydroxyl groups is 4. The van der Waals surface area contributed by atoms with Gasteiger partial charge in [0.1, 0.15) is 35.6 Å². The van der Waals surface area contributed by atoms with Crippen molar-refractivity contribution in [2.24, 2.45) is 16.7 Å². The first-order valence-corrected chi connectivity index (χ1v) is 21.4. The van der Waals surface area contributed by atoms with Crippen LogP contribution >= 0.6 is 0 Å². The Bertz CT molecular complexity index is 2220. The van der Waals surface area contributed by atoms with Crippen molar-refractivity contribution >= 4 is 69.7 Å². The number of carbonyl (C=O) groups is 5. The van der Waals surface area contributed by atoms with Gasteiger partial charge >= 0.3 is 64.0 Å². The van der Waals surface area contributed by atoms with Crippen LogP contribution in [-0.4, -0.2) is 157 Å². The molecule has 11 atom stereocenters.